The van der Waals surface area contributed by atoms with Gasteiger partial charge in [-0.15, -0.1) is 0 Å². The lowest BCUT2D eigenvalue weighted by atomic mass is 10.1. The number of aliphatic imine (C=N–C) groups is 1. The third-order valence-electron chi connectivity index (χ3n) is 4.35. The van der Waals surface area contributed by atoms with Crippen LogP contribution in [0, 0.1) is 0 Å². The van der Waals surface area contributed by atoms with E-state index in [-0.39, 0.29) is 0 Å². The lowest BCUT2D eigenvalue weighted by Gasteiger charge is -2.14. The maximum Gasteiger partial charge on any atom is 0.191 e. The van der Waals surface area contributed by atoms with Crippen LogP contribution in [-0.4, -0.2) is 51.3 Å². The lowest BCUT2D eigenvalue weighted by Crippen LogP contribution is -2.38. The topological polar surface area (TPSA) is 71.0 Å². The van der Waals surface area contributed by atoms with Gasteiger partial charge in [0.15, 0.2) is 17.5 Å². The molecule has 0 aliphatic heterocycles. The summed E-state index contributed by atoms with van der Waals surface area (Å²) in [6.45, 7) is 9.43. The van der Waals surface area contributed by atoms with Gasteiger partial charge in [-0.25, -0.2) is 9.98 Å². The summed E-state index contributed by atoms with van der Waals surface area (Å²) in [6.07, 6.45) is 2.68. The number of aromatic nitrogens is 1. The highest BCUT2D eigenvalue weighted by molar-refractivity contribution is 5.79. The lowest BCUT2D eigenvalue weighted by molar-refractivity contribution is 0.287. The quantitative estimate of drug-likeness (QED) is 0.435. The smallest absolute Gasteiger partial charge is 0.191 e. The van der Waals surface area contributed by atoms with Gasteiger partial charge in [-0.2, -0.15) is 0 Å². The Morgan fingerprint density at radius 1 is 0.967 bits per heavy atom. The Balaban J connectivity index is 1.96. The van der Waals surface area contributed by atoms with Crippen LogP contribution in [0.3, 0.4) is 0 Å². The third kappa shape index (κ3) is 7.46. The van der Waals surface area contributed by atoms with Crippen LogP contribution in [-0.2, 0) is 13.0 Å². The van der Waals surface area contributed by atoms with Crippen LogP contribution < -0.4 is 25.0 Å². The van der Waals surface area contributed by atoms with Crippen LogP contribution >= 0.6 is 0 Å². The number of ether oxygens (including phenoxy) is 2. The molecule has 0 saturated heterocycles. The molecule has 7 nitrogen and oxygen atoms in total. The Kier molecular flexibility index (Phi) is 9.77. The molecule has 2 rings (SSSR count). The summed E-state index contributed by atoms with van der Waals surface area (Å²) in [5, 5.41) is 6.71. The van der Waals surface area contributed by atoms with Crippen molar-refractivity contribution in [3.63, 3.8) is 0 Å². The fourth-order valence-corrected chi connectivity index (χ4v) is 2.89. The molecule has 0 aliphatic rings. The molecule has 164 valence electrons. The first kappa shape index (κ1) is 23.3. The van der Waals surface area contributed by atoms with E-state index in [2.05, 4.69) is 40.7 Å². The summed E-state index contributed by atoms with van der Waals surface area (Å²) < 4.78 is 11.4. The van der Waals surface area contributed by atoms with Crippen LogP contribution in [0.1, 0.15) is 31.9 Å². The van der Waals surface area contributed by atoms with Crippen molar-refractivity contribution in [1.29, 1.82) is 0 Å². The van der Waals surface area contributed by atoms with Gasteiger partial charge in [0.2, 0.25) is 0 Å². The van der Waals surface area contributed by atoms with Gasteiger partial charge in [0.05, 0.1) is 19.8 Å². The summed E-state index contributed by atoms with van der Waals surface area (Å²) >= 11 is 0. The molecule has 1 heterocycles. The van der Waals surface area contributed by atoms with Crippen LogP contribution in [0.2, 0.25) is 0 Å². The molecule has 0 bridgehead atoms. The molecule has 0 amide bonds. The van der Waals surface area contributed by atoms with Crippen LogP contribution in [0.25, 0.3) is 0 Å². The summed E-state index contributed by atoms with van der Waals surface area (Å²) in [6, 6.07) is 10.2. The van der Waals surface area contributed by atoms with E-state index in [1.165, 1.54) is 5.56 Å². The Morgan fingerprint density at radius 3 is 2.43 bits per heavy atom. The highest BCUT2D eigenvalue weighted by atomic mass is 16.5. The Labute approximate surface area is 180 Å². The van der Waals surface area contributed by atoms with Crippen molar-refractivity contribution >= 4 is 11.8 Å². The van der Waals surface area contributed by atoms with Gasteiger partial charge in [-0.3, -0.25) is 0 Å². The van der Waals surface area contributed by atoms with E-state index in [0.717, 1.165) is 48.4 Å². The molecule has 0 saturated carbocycles. The predicted molar refractivity (Wildman–Crippen MR) is 124 cm³/mol. The molecule has 1 aromatic heterocycles. The Bertz CT molecular complexity index is 808. The second-order valence-electron chi connectivity index (χ2n) is 6.94. The number of rotatable bonds is 11. The summed E-state index contributed by atoms with van der Waals surface area (Å²) in [7, 11) is 3.97. The maximum atomic E-state index is 5.72. The first-order valence-corrected chi connectivity index (χ1v) is 10.6. The van der Waals surface area contributed by atoms with Crippen molar-refractivity contribution in [3.05, 3.63) is 47.7 Å². The van der Waals surface area contributed by atoms with E-state index in [0.29, 0.717) is 19.8 Å². The van der Waals surface area contributed by atoms with Crippen molar-refractivity contribution in [2.24, 2.45) is 4.99 Å². The monoisotopic (exact) mass is 413 g/mol. The average molecular weight is 414 g/mol. The fourth-order valence-electron chi connectivity index (χ4n) is 2.89. The Hall–Kier alpha value is -2.96. The Morgan fingerprint density at radius 2 is 1.73 bits per heavy atom. The average Bonchev–Trinajstić information content (AvgIpc) is 2.74. The van der Waals surface area contributed by atoms with Gasteiger partial charge in [0.1, 0.15) is 5.82 Å². The van der Waals surface area contributed by atoms with Crippen molar-refractivity contribution < 1.29 is 9.47 Å². The van der Waals surface area contributed by atoms with Crippen molar-refractivity contribution in [3.8, 4) is 11.5 Å². The number of benzene rings is 1. The normalized spacial score (nSPS) is 11.2. The van der Waals surface area contributed by atoms with Gasteiger partial charge >= 0.3 is 0 Å². The standard InChI is InChI=1S/C23H35N5O2/c1-6-24-23(27-17-19-12-13-25-22(16-19)28(4)5)26-14-11-18-9-10-20(29-7-2)21(15-18)30-8-3/h9-10,12-13,15-16H,6-8,11,14,17H2,1-5H3,(H2,24,26,27). The van der Waals surface area contributed by atoms with Gasteiger partial charge in [-0.1, -0.05) is 6.07 Å². The molecule has 2 aromatic rings. The highest BCUT2D eigenvalue weighted by Gasteiger charge is 2.07. The molecule has 0 fully saturated rings. The van der Waals surface area contributed by atoms with Crippen molar-refractivity contribution in [2.45, 2.75) is 33.7 Å². The summed E-state index contributed by atoms with van der Waals surface area (Å²) in [5.41, 5.74) is 2.31. The van der Waals surface area contributed by atoms with E-state index in [1.54, 1.807) is 0 Å². The minimum atomic E-state index is 0.593. The molecule has 0 atom stereocenters. The zero-order chi connectivity index (χ0) is 21.8. The van der Waals surface area contributed by atoms with Gasteiger partial charge in [-0.05, 0) is 62.6 Å². The van der Waals surface area contributed by atoms with E-state index >= 15 is 0 Å². The van der Waals surface area contributed by atoms with Gasteiger partial charge < -0.3 is 25.0 Å². The number of hydrogen-bond donors (Lipinski definition) is 2. The van der Waals surface area contributed by atoms with Crippen molar-refractivity contribution in [2.75, 3.05) is 45.3 Å². The molecule has 0 unspecified atom stereocenters. The van der Waals surface area contributed by atoms with E-state index in [4.69, 9.17) is 14.5 Å². The first-order valence-electron chi connectivity index (χ1n) is 10.6. The second kappa shape index (κ2) is 12.6. The number of nitrogens with zero attached hydrogens (tertiary/aromatic N) is 3. The van der Waals surface area contributed by atoms with E-state index in [9.17, 15) is 0 Å². The number of pyridine rings is 1. The summed E-state index contributed by atoms with van der Waals surface area (Å²) in [4.78, 5) is 11.0. The molecule has 7 heteroatoms. The minimum Gasteiger partial charge on any atom is -0.490 e. The molecule has 2 N–H and O–H groups in total. The molecular formula is C23H35N5O2. The predicted octanol–water partition coefficient (Wildman–Crippen LogP) is 3.24. The van der Waals surface area contributed by atoms with Gasteiger partial charge in [0, 0.05) is 33.4 Å². The summed E-state index contributed by atoms with van der Waals surface area (Å²) in [5.74, 6) is 3.32. The van der Waals surface area contributed by atoms with Crippen LogP contribution in [0.15, 0.2) is 41.5 Å². The van der Waals surface area contributed by atoms with Crippen LogP contribution in [0.5, 0.6) is 11.5 Å². The molecule has 0 radical (unpaired) electrons. The fraction of sp³-hybridized carbons (Fsp3) is 0.478. The highest BCUT2D eigenvalue weighted by Crippen LogP contribution is 2.28. The number of guanidine groups is 1. The van der Waals surface area contributed by atoms with Crippen molar-refractivity contribution in [1.82, 2.24) is 15.6 Å². The first-order chi connectivity index (χ1) is 14.6. The maximum absolute atomic E-state index is 5.72. The molecule has 0 aliphatic carbocycles. The zero-order valence-electron chi connectivity index (χ0n) is 18.9. The largest absolute Gasteiger partial charge is 0.490 e. The molecular weight excluding hydrogens is 378 g/mol. The van der Waals surface area contributed by atoms with Crippen LogP contribution in [0.4, 0.5) is 5.82 Å². The zero-order valence-corrected chi connectivity index (χ0v) is 18.9. The number of nitrogens with one attached hydrogen (secondary N) is 2. The number of anilines is 1. The third-order valence-corrected chi connectivity index (χ3v) is 4.35. The molecule has 30 heavy (non-hydrogen) atoms. The molecule has 1 aromatic carbocycles. The van der Waals surface area contributed by atoms with E-state index in [1.807, 2.05) is 51.2 Å². The SMILES string of the molecule is CCNC(=NCc1ccnc(N(C)C)c1)NCCc1ccc(OCC)c(OCC)c1. The van der Waals surface area contributed by atoms with E-state index < -0.39 is 0 Å². The van der Waals surface area contributed by atoms with Gasteiger partial charge in [0.25, 0.3) is 0 Å². The molecule has 0 spiro atoms. The second-order valence-corrected chi connectivity index (χ2v) is 6.94. The number of hydrogen-bond acceptors (Lipinski definition) is 5. The minimum absolute atomic E-state index is 0.593.